The summed E-state index contributed by atoms with van der Waals surface area (Å²) >= 11 is 0. The van der Waals surface area contributed by atoms with Crippen molar-refractivity contribution in [2.75, 3.05) is 0 Å². The normalized spacial score (nSPS) is 22.5. The highest BCUT2D eigenvalue weighted by molar-refractivity contribution is 5.84. The molecule has 0 amide bonds. The molecule has 1 saturated heterocycles. The van der Waals surface area contributed by atoms with E-state index >= 15 is 0 Å². The third-order valence-electron chi connectivity index (χ3n) is 7.04. The summed E-state index contributed by atoms with van der Waals surface area (Å²) in [6.45, 7) is 2.22. The molecule has 0 spiro atoms. The van der Waals surface area contributed by atoms with Gasteiger partial charge in [0.1, 0.15) is 18.3 Å². The van der Waals surface area contributed by atoms with Crippen molar-refractivity contribution in [3.05, 3.63) is 138 Å². The van der Waals surface area contributed by atoms with E-state index in [1.54, 1.807) is 25.1 Å². The van der Waals surface area contributed by atoms with Gasteiger partial charge in [0, 0.05) is 0 Å². The Kier molecular flexibility index (Phi) is 10.8. The van der Waals surface area contributed by atoms with E-state index in [4.69, 9.17) is 23.7 Å². The van der Waals surface area contributed by atoms with Gasteiger partial charge in [-0.3, -0.25) is 0 Å². The number of para-hydroxylation sites is 1. The van der Waals surface area contributed by atoms with Crippen molar-refractivity contribution >= 4 is 11.6 Å². The molecule has 1 unspecified atom stereocenters. The van der Waals surface area contributed by atoms with Crippen LogP contribution in [-0.4, -0.2) is 42.8 Å². The highest BCUT2D eigenvalue weighted by Crippen LogP contribution is 2.33. The highest BCUT2D eigenvalue weighted by atomic mass is 19.4. The Labute approximate surface area is 255 Å². The molecule has 0 bridgehead atoms. The van der Waals surface area contributed by atoms with E-state index in [0.717, 1.165) is 16.7 Å². The minimum Gasteiger partial charge on any atom is -0.441 e. The van der Waals surface area contributed by atoms with Gasteiger partial charge in [-0.15, -0.1) is 0 Å². The Balaban J connectivity index is 1.47. The van der Waals surface area contributed by atoms with Gasteiger partial charge in [0.2, 0.25) is 6.29 Å². The Morgan fingerprint density at radius 2 is 1.02 bits per heavy atom. The fourth-order valence-electron chi connectivity index (χ4n) is 4.85. The lowest BCUT2D eigenvalue weighted by atomic mass is 9.98. The van der Waals surface area contributed by atoms with Crippen molar-refractivity contribution in [2.24, 2.45) is 4.99 Å². The van der Waals surface area contributed by atoms with Crippen LogP contribution >= 0.6 is 0 Å². The molecule has 1 aliphatic heterocycles. The quantitative estimate of drug-likeness (QED) is 0.129. The number of aliphatic imine (C=N–C) groups is 1. The molecule has 5 rings (SSSR count). The summed E-state index contributed by atoms with van der Waals surface area (Å²) < 4.78 is 73.6. The molecule has 0 aromatic heterocycles. The number of rotatable bonds is 11. The van der Waals surface area contributed by atoms with E-state index in [-0.39, 0.29) is 25.5 Å². The molecule has 5 atom stereocenters. The van der Waals surface area contributed by atoms with Gasteiger partial charge in [-0.25, -0.2) is 4.99 Å². The number of hydrogen-bond donors (Lipinski definition) is 0. The summed E-state index contributed by atoms with van der Waals surface area (Å²) in [7, 11) is 0. The fraction of sp³-hybridized carbons (Fsp3) is 0.286. The monoisotopic (exact) mass is 605 g/mol. The molecule has 0 radical (unpaired) electrons. The van der Waals surface area contributed by atoms with Gasteiger partial charge >= 0.3 is 6.18 Å². The van der Waals surface area contributed by atoms with Gasteiger partial charge in [0.25, 0.3) is 5.90 Å². The van der Waals surface area contributed by atoms with Crippen LogP contribution < -0.4 is 0 Å². The number of halogens is 3. The number of hydrogen-bond acceptors (Lipinski definition) is 6. The molecule has 44 heavy (non-hydrogen) atoms. The summed E-state index contributed by atoms with van der Waals surface area (Å²) in [5, 5.41) is 0. The minimum atomic E-state index is -4.90. The summed E-state index contributed by atoms with van der Waals surface area (Å²) in [5.41, 5.74) is 2.72. The molecule has 230 valence electrons. The molecule has 4 aromatic rings. The predicted molar refractivity (Wildman–Crippen MR) is 160 cm³/mol. The van der Waals surface area contributed by atoms with Crippen LogP contribution in [0.2, 0.25) is 0 Å². The largest absolute Gasteiger partial charge is 0.468 e. The molecule has 1 fully saturated rings. The summed E-state index contributed by atoms with van der Waals surface area (Å²) in [4.78, 5) is 3.78. The van der Waals surface area contributed by atoms with Crippen molar-refractivity contribution in [1.29, 1.82) is 0 Å². The maximum Gasteiger partial charge on any atom is 0.468 e. The third-order valence-corrected chi connectivity index (χ3v) is 7.04. The molecule has 0 aliphatic carbocycles. The topological polar surface area (TPSA) is 58.5 Å². The minimum absolute atomic E-state index is 0.0802. The highest BCUT2D eigenvalue weighted by Gasteiger charge is 2.51. The lowest BCUT2D eigenvalue weighted by Gasteiger charge is -2.45. The zero-order valence-corrected chi connectivity index (χ0v) is 24.2. The van der Waals surface area contributed by atoms with E-state index in [2.05, 4.69) is 4.99 Å². The van der Waals surface area contributed by atoms with Crippen LogP contribution in [0.5, 0.6) is 0 Å². The van der Waals surface area contributed by atoms with Crippen LogP contribution in [-0.2, 0) is 43.5 Å². The number of ether oxygens (including phenoxy) is 5. The van der Waals surface area contributed by atoms with Crippen molar-refractivity contribution in [1.82, 2.24) is 0 Å². The van der Waals surface area contributed by atoms with Crippen LogP contribution in [0.3, 0.4) is 0 Å². The van der Waals surface area contributed by atoms with Crippen molar-refractivity contribution in [3.63, 3.8) is 0 Å². The first-order chi connectivity index (χ1) is 21.4. The maximum absolute atomic E-state index is 14.3. The van der Waals surface area contributed by atoms with Gasteiger partial charge in [-0.2, -0.15) is 13.2 Å². The Morgan fingerprint density at radius 1 is 0.614 bits per heavy atom. The zero-order valence-electron chi connectivity index (χ0n) is 24.2. The van der Waals surface area contributed by atoms with Crippen LogP contribution in [0.25, 0.3) is 0 Å². The van der Waals surface area contributed by atoms with Crippen LogP contribution in [0, 0.1) is 0 Å². The molecule has 9 heteroatoms. The Bertz CT molecular complexity index is 1440. The van der Waals surface area contributed by atoms with Crippen molar-refractivity contribution in [2.45, 2.75) is 63.6 Å². The first kappa shape index (κ1) is 31.4. The predicted octanol–water partition coefficient (Wildman–Crippen LogP) is 7.80. The standard InChI is InChI=1S/C35H34F3NO5/c1-25-30(40-22-26-14-6-2-7-15-26)31(41-23-27-16-8-3-9-17-27)32(42-24-28-18-10-4-11-19-28)33(43-25)44-34(35(36,37)38)39-29-20-12-5-13-21-29/h2-21,25,30-33H,22-24H2,1H3/t25-,30-,31+,32+,33?/m0/s1. The van der Waals surface area contributed by atoms with Crippen LogP contribution in [0.4, 0.5) is 18.9 Å². The molecular weight excluding hydrogens is 571 g/mol. The number of benzene rings is 4. The smallest absolute Gasteiger partial charge is 0.441 e. The van der Waals surface area contributed by atoms with Gasteiger partial charge < -0.3 is 23.7 Å². The molecular formula is C35H34F3NO5. The van der Waals surface area contributed by atoms with E-state index < -0.39 is 42.8 Å². The molecule has 1 heterocycles. The summed E-state index contributed by atoms with van der Waals surface area (Å²) in [6.07, 6.45) is -9.78. The Hall–Kier alpha value is -4.02. The zero-order chi connectivity index (χ0) is 30.8. The second-order valence-electron chi connectivity index (χ2n) is 10.4. The molecule has 1 aliphatic rings. The molecule has 6 nitrogen and oxygen atoms in total. The number of alkyl halides is 3. The lowest BCUT2D eigenvalue weighted by Crippen LogP contribution is -2.60. The van der Waals surface area contributed by atoms with E-state index in [9.17, 15) is 13.2 Å². The van der Waals surface area contributed by atoms with Gasteiger partial charge in [0.15, 0.2) is 0 Å². The number of nitrogens with zero attached hydrogens (tertiary/aromatic N) is 1. The van der Waals surface area contributed by atoms with E-state index in [1.807, 2.05) is 91.0 Å². The maximum atomic E-state index is 14.3. The molecule has 4 aromatic carbocycles. The first-order valence-electron chi connectivity index (χ1n) is 14.4. The van der Waals surface area contributed by atoms with Gasteiger partial charge in [-0.05, 0) is 35.7 Å². The second kappa shape index (κ2) is 15.1. The average molecular weight is 606 g/mol. The fourth-order valence-corrected chi connectivity index (χ4v) is 4.85. The van der Waals surface area contributed by atoms with Crippen LogP contribution in [0.1, 0.15) is 23.6 Å². The summed E-state index contributed by atoms with van der Waals surface area (Å²) in [6, 6.07) is 36.2. The Morgan fingerprint density at radius 3 is 1.48 bits per heavy atom. The van der Waals surface area contributed by atoms with Gasteiger partial charge in [0.05, 0.1) is 31.6 Å². The van der Waals surface area contributed by atoms with Crippen LogP contribution in [0.15, 0.2) is 126 Å². The molecule has 0 N–H and O–H groups in total. The van der Waals surface area contributed by atoms with Crippen molar-refractivity contribution in [3.8, 4) is 0 Å². The third kappa shape index (κ3) is 8.76. The second-order valence-corrected chi connectivity index (χ2v) is 10.4. The summed E-state index contributed by atoms with van der Waals surface area (Å²) in [5.74, 6) is -1.44. The van der Waals surface area contributed by atoms with E-state index in [1.165, 1.54) is 12.1 Å². The average Bonchev–Trinajstić information content (AvgIpc) is 3.04. The first-order valence-corrected chi connectivity index (χ1v) is 14.4. The SMILES string of the molecule is C[C@@H]1OC(OC(=Nc2ccccc2)C(F)(F)F)[C@H](OCc2ccccc2)[C@H](OCc2ccccc2)[C@H]1OCc1ccccc1. The molecule has 0 saturated carbocycles. The van der Waals surface area contributed by atoms with E-state index in [0.29, 0.717) is 0 Å². The van der Waals surface area contributed by atoms with Crippen molar-refractivity contribution < 1.29 is 36.9 Å². The lowest BCUT2D eigenvalue weighted by molar-refractivity contribution is -0.307. The van der Waals surface area contributed by atoms with Gasteiger partial charge in [-0.1, -0.05) is 109 Å².